The van der Waals surface area contributed by atoms with Crippen molar-refractivity contribution in [2.24, 2.45) is 46.3 Å². The zero-order valence-corrected chi connectivity index (χ0v) is 32.3. The van der Waals surface area contributed by atoms with Crippen molar-refractivity contribution in [3.63, 3.8) is 0 Å². The molecule has 0 aromatic rings. The summed E-state index contributed by atoms with van der Waals surface area (Å²) in [7, 11) is -3.65. The first-order valence-corrected chi connectivity index (χ1v) is 18.7. The van der Waals surface area contributed by atoms with Crippen LogP contribution in [-0.2, 0) is 28.8 Å². The Morgan fingerprint density at radius 2 is 1.60 bits per heavy atom. The Morgan fingerprint density at radius 1 is 0.958 bits per heavy atom. The molecule has 0 radical (unpaired) electrons. The van der Waals surface area contributed by atoms with Gasteiger partial charge in [-0.05, 0) is 85.4 Å². The fourth-order valence-electron chi connectivity index (χ4n) is 11.2. The van der Waals surface area contributed by atoms with Gasteiger partial charge in [-0.1, -0.05) is 34.6 Å². The monoisotopic (exact) mass is 716 g/mol. The van der Waals surface area contributed by atoms with Crippen LogP contribution in [0.25, 0.3) is 0 Å². The third-order valence-corrected chi connectivity index (χ3v) is 13.8. The maximum absolute atomic E-state index is 12.6. The van der Waals surface area contributed by atoms with Gasteiger partial charge in [0.15, 0.2) is 6.29 Å². The molecule has 1 heterocycles. The minimum atomic E-state index is -4.97. The molecule has 0 aromatic heterocycles. The number of methoxy groups -OCH3 is 1. The van der Waals surface area contributed by atoms with Crippen molar-refractivity contribution < 1.29 is 91.6 Å². The quantitative estimate of drug-likeness (QED) is 0.0782. The number of fused-ring (bicyclic) bond motifs is 5. The van der Waals surface area contributed by atoms with E-state index in [4.69, 9.17) is 14.2 Å². The van der Waals surface area contributed by atoms with Gasteiger partial charge in [0.05, 0.1) is 42.7 Å². The molecule has 4 saturated carbocycles. The second-order valence-electron chi connectivity index (χ2n) is 16.3. The molecule has 5 rings (SSSR count). The topological polar surface area (TPSA) is 215 Å². The van der Waals surface area contributed by atoms with Crippen molar-refractivity contribution in [2.45, 2.75) is 147 Å². The molecule has 1 saturated heterocycles. The Kier molecular flexibility index (Phi) is 13.0. The van der Waals surface area contributed by atoms with Crippen LogP contribution in [0.15, 0.2) is 0 Å². The van der Waals surface area contributed by atoms with Crippen molar-refractivity contribution in [1.82, 2.24) is 0 Å². The number of hydrogen-bond acceptors (Lipinski definition) is 13. The molecule has 5 aliphatic rings. The van der Waals surface area contributed by atoms with Gasteiger partial charge in [-0.15, -0.1) is 0 Å². The SMILES string of the molecule is COC1C(COS(=O)(=O)[O-])OC(O[C@@H](CC[C@@H](C)[C@H]2[C@@H](O)[C@@H](O)C3[C@]4(O)C[C@H](O)C5C[C@@H](O)CC[C@]5(C)C4CC[C@@]32C)C(C)C)C1O.[Na+]. The van der Waals surface area contributed by atoms with E-state index >= 15 is 0 Å². The van der Waals surface area contributed by atoms with E-state index < -0.39 is 89.1 Å². The van der Waals surface area contributed by atoms with Crippen LogP contribution < -0.4 is 29.6 Å². The summed E-state index contributed by atoms with van der Waals surface area (Å²) >= 11 is 0. The summed E-state index contributed by atoms with van der Waals surface area (Å²) in [6.07, 6.45) is -3.90. The van der Waals surface area contributed by atoms with Crippen LogP contribution in [0.5, 0.6) is 0 Å². The molecular formula is C33H57NaO13S. The van der Waals surface area contributed by atoms with Gasteiger partial charge in [-0.2, -0.15) is 0 Å². The first-order valence-electron chi connectivity index (χ1n) is 17.3. The van der Waals surface area contributed by atoms with E-state index in [1.165, 1.54) is 7.11 Å². The van der Waals surface area contributed by atoms with Gasteiger partial charge in [0.25, 0.3) is 0 Å². The second-order valence-corrected chi connectivity index (χ2v) is 17.3. The molecule has 13 nitrogen and oxygen atoms in total. The molecule has 274 valence electrons. The Hall–Kier alpha value is 0.510. The number of aliphatic hydroxyl groups is 6. The van der Waals surface area contributed by atoms with E-state index in [1.54, 1.807) is 0 Å². The van der Waals surface area contributed by atoms with E-state index in [1.807, 2.05) is 20.8 Å². The fourth-order valence-corrected chi connectivity index (χ4v) is 11.5. The van der Waals surface area contributed by atoms with E-state index in [2.05, 4.69) is 18.0 Å². The predicted octanol–water partition coefficient (Wildman–Crippen LogP) is -1.93. The summed E-state index contributed by atoms with van der Waals surface area (Å²) in [4.78, 5) is 0. The summed E-state index contributed by atoms with van der Waals surface area (Å²) in [6.45, 7) is 9.52. The standard InChI is InChI=1S/C33H58O13S.Na/c1-16(2)21(45-30-27(38)28(43-6)22(46-30)15-44-47(40,41)42)8-7-17(3)24-25(36)26(37)29-32(24,5)12-10-23-31(4)11-9-18(34)13-19(31)20(35)14-33(23,29)39;/h16-30,34-39H,7-15H2,1-6H3,(H,40,41,42);/q;+1/p-1/t17-,18+,19?,20+,21+,22?,23?,24+,25-,26-,27?,28?,29?,30?,31+,32-,33+;/m1./s1. The maximum Gasteiger partial charge on any atom is 1.00 e. The maximum atomic E-state index is 12.6. The minimum Gasteiger partial charge on any atom is -0.726 e. The third-order valence-electron chi connectivity index (χ3n) is 13.3. The molecular weight excluding hydrogens is 659 g/mol. The summed E-state index contributed by atoms with van der Waals surface area (Å²) < 4.78 is 54.5. The van der Waals surface area contributed by atoms with E-state index in [9.17, 15) is 43.6 Å². The summed E-state index contributed by atoms with van der Waals surface area (Å²) in [5.41, 5.74) is -2.34. The number of ether oxygens (including phenoxy) is 3. The van der Waals surface area contributed by atoms with E-state index in [-0.39, 0.29) is 71.0 Å². The summed E-state index contributed by atoms with van der Waals surface area (Å²) in [6, 6.07) is 0. The molecule has 1 aliphatic heterocycles. The van der Waals surface area contributed by atoms with Crippen molar-refractivity contribution >= 4 is 10.4 Å². The Balaban J connectivity index is 0.00000520. The molecule has 4 aliphatic carbocycles. The molecule has 0 amide bonds. The Morgan fingerprint density at radius 3 is 2.21 bits per heavy atom. The van der Waals surface area contributed by atoms with E-state index in [0.29, 0.717) is 44.9 Å². The van der Waals surface area contributed by atoms with Gasteiger partial charge in [-0.3, -0.25) is 4.18 Å². The van der Waals surface area contributed by atoms with Crippen LogP contribution in [0.4, 0.5) is 0 Å². The molecule has 6 N–H and O–H groups in total. The zero-order chi connectivity index (χ0) is 34.9. The van der Waals surface area contributed by atoms with Gasteiger partial charge in [0, 0.05) is 19.4 Å². The normalized spacial score (nSPS) is 48.7. The molecule has 7 unspecified atom stereocenters. The van der Waals surface area contributed by atoms with Gasteiger partial charge < -0.3 is 49.4 Å². The van der Waals surface area contributed by atoms with Crippen LogP contribution in [0.2, 0.25) is 0 Å². The van der Waals surface area contributed by atoms with E-state index in [0.717, 1.165) is 0 Å². The van der Waals surface area contributed by atoms with Crippen molar-refractivity contribution in [1.29, 1.82) is 0 Å². The Labute approximate surface area is 307 Å². The second kappa shape index (κ2) is 15.1. The van der Waals surface area contributed by atoms with Crippen LogP contribution >= 0.6 is 0 Å². The molecule has 17 atom stereocenters. The largest absolute Gasteiger partial charge is 1.00 e. The van der Waals surface area contributed by atoms with Gasteiger partial charge in [0.2, 0.25) is 10.4 Å². The summed E-state index contributed by atoms with van der Waals surface area (Å²) in [5, 5.41) is 68.4. The van der Waals surface area contributed by atoms with Crippen molar-refractivity contribution in [2.75, 3.05) is 13.7 Å². The molecule has 0 aromatic carbocycles. The number of aliphatic hydroxyl groups excluding tert-OH is 5. The Bertz CT molecular complexity index is 1210. The van der Waals surface area contributed by atoms with Crippen LogP contribution in [0.1, 0.15) is 86.0 Å². The van der Waals surface area contributed by atoms with Gasteiger partial charge >= 0.3 is 29.6 Å². The zero-order valence-electron chi connectivity index (χ0n) is 29.5. The molecule has 15 heteroatoms. The molecule has 0 bridgehead atoms. The molecule has 0 spiro atoms. The van der Waals surface area contributed by atoms with Crippen LogP contribution in [0, 0.1) is 46.3 Å². The number of hydrogen-bond donors (Lipinski definition) is 6. The van der Waals surface area contributed by atoms with Gasteiger partial charge in [-0.25, -0.2) is 8.42 Å². The van der Waals surface area contributed by atoms with Crippen molar-refractivity contribution in [3.05, 3.63) is 0 Å². The first-order chi connectivity index (χ1) is 21.8. The molecule has 5 fully saturated rings. The first kappa shape index (κ1) is 41.3. The smallest absolute Gasteiger partial charge is 0.726 e. The van der Waals surface area contributed by atoms with Crippen LogP contribution in [-0.4, -0.2) is 118 Å². The van der Waals surface area contributed by atoms with Crippen molar-refractivity contribution in [3.8, 4) is 0 Å². The number of rotatable bonds is 11. The minimum absolute atomic E-state index is 0. The third kappa shape index (κ3) is 7.35. The predicted molar refractivity (Wildman–Crippen MR) is 166 cm³/mol. The average molecular weight is 717 g/mol. The molecule has 48 heavy (non-hydrogen) atoms. The summed E-state index contributed by atoms with van der Waals surface area (Å²) in [5.74, 6) is -1.36. The average Bonchev–Trinajstić information content (AvgIpc) is 3.38. The fraction of sp³-hybridized carbons (Fsp3) is 1.00. The van der Waals surface area contributed by atoms with Crippen LogP contribution in [0.3, 0.4) is 0 Å². The van der Waals surface area contributed by atoms with Gasteiger partial charge in [0.1, 0.15) is 18.3 Å².